The molecular formula is C10H13BrN2O. The number of pyridine rings is 1. The number of alkyl halides is 1. The second kappa shape index (κ2) is 5.75. The third-order valence-corrected chi connectivity index (χ3v) is 2.18. The number of hydrogen-bond acceptors (Lipinski definition) is 2. The van der Waals surface area contributed by atoms with Gasteiger partial charge < -0.3 is 5.32 Å². The highest BCUT2D eigenvalue weighted by atomic mass is 79.9. The second-order valence-corrected chi connectivity index (χ2v) is 3.82. The summed E-state index contributed by atoms with van der Waals surface area (Å²) in [4.78, 5) is 15.3. The summed E-state index contributed by atoms with van der Waals surface area (Å²) < 4.78 is 0. The zero-order valence-electron chi connectivity index (χ0n) is 8.09. The number of halogens is 1. The molecule has 3 nitrogen and oxygen atoms in total. The molecule has 0 unspecified atom stereocenters. The first kappa shape index (κ1) is 11.2. The molecule has 1 heterocycles. The minimum atomic E-state index is 0.0578. The summed E-state index contributed by atoms with van der Waals surface area (Å²) in [5.41, 5.74) is 2.01. The fraction of sp³-hybridized carbons (Fsp3) is 0.400. The molecule has 1 amide bonds. The van der Waals surface area contributed by atoms with Crippen molar-refractivity contribution in [2.45, 2.75) is 19.9 Å². The van der Waals surface area contributed by atoms with Gasteiger partial charge >= 0.3 is 0 Å². The van der Waals surface area contributed by atoms with Gasteiger partial charge in [-0.05, 0) is 18.6 Å². The fourth-order valence-electron chi connectivity index (χ4n) is 0.978. The predicted octanol–water partition coefficient (Wildman–Crippen LogP) is 1.79. The molecule has 0 spiro atoms. The Labute approximate surface area is 92.1 Å². The molecule has 0 saturated carbocycles. The van der Waals surface area contributed by atoms with Crippen LogP contribution in [0.15, 0.2) is 18.3 Å². The van der Waals surface area contributed by atoms with Crippen molar-refractivity contribution in [3.8, 4) is 0 Å². The van der Waals surface area contributed by atoms with E-state index in [2.05, 4.69) is 26.2 Å². The maximum absolute atomic E-state index is 11.1. The standard InChI is InChI=1S/C10H13BrN2O/c1-8-2-3-9(6-12-8)7-13-10(14)4-5-11/h2-3,6H,4-5,7H2,1H3,(H,13,14). The molecule has 0 aromatic carbocycles. The van der Waals surface area contributed by atoms with Gasteiger partial charge in [0, 0.05) is 30.2 Å². The largest absolute Gasteiger partial charge is 0.352 e. The number of carbonyl (C=O) groups is 1. The van der Waals surface area contributed by atoms with Crippen LogP contribution in [0.5, 0.6) is 0 Å². The summed E-state index contributed by atoms with van der Waals surface area (Å²) in [6, 6.07) is 3.91. The van der Waals surface area contributed by atoms with E-state index in [1.54, 1.807) is 6.20 Å². The van der Waals surface area contributed by atoms with Gasteiger partial charge in [-0.15, -0.1) is 0 Å². The molecule has 0 atom stereocenters. The van der Waals surface area contributed by atoms with Gasteiger partial charge in [0.15, 0.2) is 0 Å². The third-order valence-electron chi connectivity index (χ3n) is 1.78. The normalized spacial score (nSPS) is 9.86. The van der Waals surface area contributed by atoms with E-state index >= 15 is 0 Å². The first-order valence-electron chi connectivity index (χ1n) is 4.46. The van der Waals surface area contributed by atoms with E-state index in [1.807, 2.05) is 19.1 Å². The lowest BCUT2D eigenvalue weighted by Gasteiger charge is -2.03. The SMILES string of the molecule is Cc1ccc(CNC(=O)CCBr)cn1. The van der Waals surface area contributed by atoms with Gasteiger partial charge in [0.2, 0.25) is 5.91 Å². The van der Waals surface area contributed by atoms with Gasteiger partial charge in [-0.1, -0.05) is 22.0 Å². The molecule has 0 aliphatic rings. The van der Waals surface area contributed by atoms with Crippen LogP contribution in [0.4, 0.5) is 0 Å². The van der Waals surface area contributed by atoms with Gasteiger partial charge in [-0.2, -0.15) is 0 Å². The van der Waals surface area contributed by atoms with Crippen LogP contribution in [0.1, 0.15) is 17.7 Å². The van der Waals surface area contributed by atoms with E-state index in [9.17, 15) is 4.79 Å². The first-order chi connectivity index (χ1) is 6.72. The van der Waals surface area contributed by atoms with Crippen LogP contribution in [-0.2, 0) is 11.3 Å². The van der Waals surface area contributed by atoms with Crippen LogP contribution < -0.4 is 5.32 Å². The molecule has 0 aliphatic heterocycles. The van der Waals surface area contributed by atoms with Gasteiger partial charge in [-0.25, -0.2) is 0 Å². The van der Waals surface area contributed by atoms with Gasteiger partial charge in [-0.3, -0.25) is 9.78 Å². The fourth-order valence-corrected chi connectivity index (χ4v) is 1.34. The highest BCUT2D eigenvalue weighted by molar-refractivity contribution is 9.09. The molecule has 76 valence electrons. The summed E-state index contributed by atoms with van der Waals surface area (Å²) >= 11 is 3.21. The Morgan fingerprint density at radius 2 is 2.36 bits per heavy atom. The smallest absolute Gasteiger partial charge is 0.221 e. The van der Waals surface area contributed by atoms with Gasteiger partial charge in [0.05, 0.1) is 0 Å². The Morgan fingerprint density at radius 1 is 1.57 bits per heavy atom. The van der Waals surface area contributed by atoms with Crippen LogP contribution >= 0.6 is 15.9 Å². The van der Waals surface area contributed by atoms with E-state index in [0.29, 0.717) is 18.3 Å². The lowest BCUT2D eigenvalue weighted by Crippen LogP contribution is -2.22. The van der Waals surface area contributed by atoms with Crippen LogP contribution in [0.3, 0.4) is 0 Å². The summed E-state index contributed by atoms with van der Waals surface area (Å²) in [7, 11) is 0. The zero-order chi connectivity index (χ0) is 10.4. The molecule has 0 radical (unpaired) electrons. The topological polar surface area (TPSA) is 42.0 Å². The second-order valence-electron chi connectivity index (χ2n) is 3.02. The Morgan fingerprint density at radius 3 is 2.93 bits per heavy atom. The molecule has 14 heavy (non-hydrogen) atoms. The molecule has 1 aromatic heterocycles. The van der Waals surface area contributed by atoms with Crippen LogP contribution in [0, 0.1) is 6.92 Å². The van der Waals surface area contributed by atoms with Crippen LogP contribution in [0.2, 0.25) is 0 Å². The Hall–Kier alpha value is -0.900. The van der Waals surface area contributed by atoms with Crippen molar-refractivity contribution in [1.29, 1.82) is 0 Å². The summed E-state index contributed by atoms with van der Waals surface area (Å²) in [6.45, 7) is 2.49. The van der Waals surface area contributed by atoms with E-state index in [0.717, 1.165) is 11.3 Å². The van der Waals surface area contributed by atoms with Crippen LogP contribution in [0.25, 0.3) is 0 Å². The maximum atomic E-state index is 11.1. The maximum Gasteiger partial charge on any atom is 0.221 e. The lowest BCUT2D eigenvalue weighted by atomic mass is 10.2. The van der Waals surface area contributed by atoms with Crippen molar-refractivity contribution in [3.05, 3.63) is 29.6 Å². The zero-order valence-corrected chi connectivity index (χ0v) is 9.67. The minimum absolute atomic E-state index is 0.0578. The molecule has 0 aliphatic carbocycles. The molecule has 1 aromatic rings. The average molecular weight is 257 g/mol. The monoisotopic (exact) mass is 256 g/mol. The Balaban J connectivity index is 2.38. The van der Waals surface area contributed by atoms with E-state index in [1.165, 1.54) is 0 Å². The van der Waals surface area contributed by atoms with E-state index in [4.69, 9.17) is 0 Å². The molecule has 0 fully saturated rings. The Bertz CT molecular complexity index is 297. The van der Waals surface area contributed by atoms with Crippen molar-refractivity contribution in [2.75, 3.05) is 5.33 Å². The number of carbonyl (C=O) groups excluding carboxylic acids is 1. The van der Waals surface area contributed by atoms with Crippen molar-refractivity contribution in [2.24, 2.45) is 0 Å². The highest BCUT2D eigenvalue weighted by Gasteiger charge is 1.99. The number of aryl methyl sites for hydroxylation is 1. The van der Waals surface area contributed by atoms with E-state index < -0.39 is 0 Å². The van der Waals surface area contributed by atoms with Crippen molar-refractivity contribution in [3.63, 3.8) is 0 Å². The van der Waals surface area contributed by atoms with Crippen molar-refractivity contribution < 1.29 is 4.79 Å². The highest BCUT2D eigenvalue weighted by Crippen LogP contribution is 1.98. The van der Waals surface area contributed by atoms with Crippen molar-refractivity contribution in [1.82, 2.24) is 10.3 Å². The lowest BCUT2D eigenvalue weighted by molar-refractivity contribution is -0.120. The third kappa shape index (κ3) is 3.87. The number of aromatic nitrogens is 1. The van der Waals surface area contributed by atoms with Crippen molar-refractivity contribution >= 4 is 21.8 Å². The van der Waals surface area contributed by atoms with Gasteiger partial charge in [0.1, 0.15) is 0 Å². The summed E-state index contributed by atoms with van der Waals surface area (Å²) in [5.74, 6) is 0.0578. The number of amides is 1. The first-order valence-corrected chi connectivity index (χ1v) is 5.58. The number of nitrogens with one attached hydrogen (secondary N) is 1. The number of nitrogens with zero attached hydrogens (tertiary/aromatic N) is 1. The molecule has 0 bridgehead atoms. The Kier molecular flexibility index (Phi) is 4.59. The molecular weight excluding hydrogens is 244 g/mol. The molecule has 1 N–H and O–H groups in total. The summed E-state index contributed by atoms with van der Waals surface area (Å²) in [6.07, 6.45) is 2.29. The number of hydrogen-bond donors (Lipinski definition) is 1. The van der Waals surface area contributed by atoms with Crippen LogP contribution in [-0.4, -0.2) is 16.2 Å². The minimum Gasteiger partial charge on any atom is -0.352 e. The molecule has 4 heteroatoms. The quantitative estimate of drug-likeness (QED) is 0.835. The number of rotatable bonds is 4. The van der Waals surface area contributed by atoms with E-state index in [-0.39, 0.29) is 5.91 Å². The summed E-state index contributed by atoms with van der Waals surface area (Å²) in [5, 5.41) is 3.51. The molecule has 1 rings (SSSR count). The average Bonchev–Trinajstić information content (AvgIpc) is 2.17. The molecule has 0 saturated heterocycles. The van der Waals surface area contributed by atoms with Gasteiger partial charge in [0.25, 0.3) is 0 Å². The predicted molar refractivity (Wildman–Crippen MR) is 59.2 cm³/mol.